The predicted molar refractivity (Wildman–Crippen MR) is 83.5 cm³/mol. The van der Waals surface area contributed by atoms with Crippen LogP contribution in [-0.2, 0) is 12.8 Å². The largest absolute Gasteiger partial charge is 0.322 e. The minimum absolute atomic E-state index is 0.0520. The average molecular weight is 280 g/mol. The van der Waals surface area contributed by atoms with Gasteiger partial charge in [0.05, 0.1) is 11.7 Å². The molecule has 0 saturated carbocycles. The number of nitrogens with two attached hydrogens (primary N) is 1. The highest BCUT2D eigenvalue weighted by molar-refractivity contribution is 7.11. The van der Waals surface area contributed by atoms with Crippen LogP contribution in [0.1, 0.15) is 69.6 Å². The molecule has 2 nitrogen and oxygen atoms in total. The first kappa shape index (κ1) is 15.0. The van der Waals surface area contributed by atoms with Crippen LogP contribution in [0.2, 0.25) is 0 Å². The van der Waals surface area contributed by atoms with Gasteiger partial charge in [0.2, 0.25) is 0 Å². The van der Waals surface area contributed by atoms with E-state index in [9.17, 15) is 0 Å². The van der Waals surface area contributed by atoms with E-state index in [4.69, 9.17) is 10.7 Å². The molecule has 0 fully saturated rings. The van der Waals surface area contributed by atoms with Crippen molar-refractivity contribution in [2.45, 2.75) is 66.8 Å². The zero-order valence-electron chi connectivity index (χ0n) is 13.2. The summed E-state index contributed by atoms with van der Waals surface area (Å²) in [4.78, 5) is 6.31. The molecule has 108 valence electrons. The summed E-state index contributed by atoms with van der Waals surface area (Å²) in [7, 11) is 0. The highest BCUT2D eigenvalue weighted by Gasteiger charge is 2.32. The van der Waals surface area contributed by atoms with Crippen LogP contribution in [-0.4, -0.2) is 4.98 Å². The number of thiazole rings is 1. The van der Waals surface area contributed by atoms with Crippen molar-refractivity contribution in [1.82, 2.24) is 4.98 Å². The van der Waals surface area contributed by atoms with Crippen molar-refractivity contribution in [3.8, 4) is 0 Å². The second kappa shape index (κ2) is 4.85. The SMILES string of the molecule is CC(C)(C)C1CCc2nc(C(N)C(C)(C)C)sc2C1. The smallest absolute Gasteiger partial charge is 0.110 e. The summed E-state index contributed by atoms with van der Waals surface area (Å²) in [5, 5.41) is 1.13. The van der Waals surface area contributed by atoms with Gasteiger partial charge in [-0.1, -0.05) is 41.5 Å². The molecule has 0 radical (unpaired) electrons. The molecule has 1 aliphatic carbocycles. The molecule has 0 spiro atoms. The number of hydrogen-bond donors (Lipinski definition) is 1. The molecular weight excluding hydrogens is 252 g/mol. The Kier molecular flexibility index (Phi) is 3.83. The summed E-state index contributed by atoms with van der Waals surface area (Å²) >= 11 is 1.85. The molecular formula is C16H28N2S. The fourth-order valence-corrected chi connectivity index (χ4v) is 4.08. The third-order valence-electron chi connectivity index (χ3n) is 4.38. The van der Waals surface area contributed by atoms with E-state index in [1.807, 2.05) is 11.3 Å². The van der Waals surface area contributed by atoms with Crippen LogP contribution in [0.5, 0.6) is 0 Å². The predicted octanol–water partition coefficient (Wildman–Crippen LogP) is 4.34. The first-order valence-corrected chi connectivity index (χ1v) is 8.14. The van der Waals surface area contributed by atoms with Crippen LogP contribution in [0, 0.1) is 16.7 Å². The second-order valence-electron chi connectivity index (χ2n) is 8.07. The molecule has 2 atom stereocenters. The molecule has 0 amide bonds. The first-order valence-electron chi connectivity index (χ1n) is 7.33. The fourth-order valence-electron chi connectivity index (χ4n) is 2.64. The molecule has 0 bridgehead atoms. The van der Waals surface area contributed by atoms with E-state index < -0.39 is 0 Å². The number of hydrogen-bond acceptors (Lipinski definition) is 3. The Labute approximate surface area is 121 Å². The maximum Gasteiger partial charge on any atom is 0.110 e. The van der Waals surface area contributed by atoms with Gasteiger partial charge in [-0.2, -0.15) is 0 Å². The molecule has 2 rings (SSSR count). The average Bonchev–Trinajstić information content (AvgIpc) is 2.67. The van der Waals surface area contributed by atoms with Gasteiger partial charge < -0.3 is 5.73 Å². The molecule has 3 heteroatoms. The Morgan fingerprint density at radius 2 is 1.84 bits per heavy atom. The monoisotopic (exact) mass is 280 g/mol. The van der Waals surface area contributed by atoms with Crippen LogP contribution in [0.15, 0.2) is 0 Å². The van der Waals surface area contributed by atoms with Crippen molar-refractivity contribution >= 4 is 11.3 Å². The van der Waals surface area contributed by atoms with Crippen LogP contribution in [0.25, 0.3) is 0 Å². The molecule has 2 N–H and O–H groups in total. The highest BCUT2D eigenvalue weighted by Crippen LogP contribution is 2.41. The number of fused-ring (bicyclic) bond motifs is 1. The summed E-state index contributed by atoms with van der Waals surface area (Å²) < 4.78 is 0. The lowest BCUT2D eigenvalue weighted by atomic mass is 9.73. The lowest BCUT2D eigenvalue weighted by Crippen LogP contribution is -2.26. The van der Waals surface area contributed by atoms with E-state index >= 15 is 0 Å². The Morgan fingerprint density at radius 1 is 1.21 bits per heavy atom. The van der Waals surface area contributed by atoms with Gasteiger partial charge in [-0.3, -0.25) is 0 Å². The second-order valence-corrected chi connectivity index (χ2v) is 9.19. The summed E-state index contributed by atoms with van der Waals surface area (Å²) in [6.07, 6.45) is 3.59. The Bertz CT molecular complexity index is 448. The van der Waals surface area contributed by atoms with Crippen molar-refractivity contribution in [3.05, 3.63) is 15.6 Å². The van der Waals surface area contributed by atoms with Gasteiger partial charge in [-0.05, 0) is 36.0 Å². The van der Waals surface area contributed by atoms with Crippen molar-refractivity contribution in [3.63, 3.8) is 0 Å². The molecule has 0 aromatic carbocycles. The van der Waals surface area contributed by atoms with Gasteiger partial charge in [0.1, 0.15) is 5.01 Å². The maximum atomic E-state index is 6.35. The fraction of sp³-hybridized carbons (Fsp3) is 0.812. The summed E-state index contributed by atoms with van der Waals surface area (Å²) in [6, 6.07) is 0.0520. The molecule has 0 aliphatic heterocycles. The minimum Gasteiger partial charge on any atom is -0.322 e. The van der Waals surface area contributed by atoms with Crippen molar-refractivity contribution in [1.29, 1.82) is 0 Å². The third kappa shape index (κ3) is 3.19. The van der Waals surface area contributed by atoms with Gasteiger partial charge in [-0.25, -0.2) is 4.98 Å². The van der Waals surface area contributed by atoms with Gasteiger partial charge >= 0.3 is 0 Å². The van der Waals surface area contributed by atoms with Crippen LogP contribution < -0.4 is 5.73 Å². The van der Waals surface area contributed by atoms with Crippen LogP contribution >= 0.6 is 11.3 Å². The minimum atomic E-state index is 0.0520. The van der Waals surface area contributed by atoms with E-state index in [0.717, 1.165) is 17.3 Å². The van der Waals surface area contributed by atoms with E-state index in [1.165, 1.54) is 23.4 Å². The van der Waals surface area contributed by atoms with Gasteiger partial charge in [-0.15, -0.1) is 11.3 Å². The normalized spacial score (nSPS) is 22.2. The summed E-state index contributed by atoms with van der Waals surface area (Å²) in [5.41, 5.74) is 8.16. The van der Waals surface area contributed by atoms with E-state index in [0.29, 0.717) is 5.41 Å². The van der Waals surface area contributed by atoms with E-state index in [1.54, 1.807) is 0 Å². The molecule has 2 unspecified atom stereocenters. The van der Waals surface area contributed by atoms with E-state index in [-0.39, 0.29) is 11.5 Å². The lowest BCUT2D eigenvalue weighted by molar-refractivity contribution is 0.216. The molecule has 1 heterocycles. The van der Waals surface area contributed by atoms with Gasteiger partial charge in [0, 0.05) is 4.88 Å². The molecule has 1 aromatic heterocycles. The van der Waals surface area contributed by atoms with Crippen molar-refractivity contribution in [2.75, 3.05) is 0 Å². The Morgan fingerprint density at radius 3 is 2.37 bits per heavy atom. The molecule has 1 aliphatic rings. The maximum absolute atomic E-state index is 6.35. The van der Waals surface area contributed by atoms with Gasteiger partial charge in [0.25, 0.3) is 0 Å². The molecule has 1 aromatic rings. The van der Waals surface area contributed by atoms with Crippen molar-refractivity contribution < 1.29 is 0 Å². The Hall–Kier alpha value is -0.410. The number of rotatable bonds is 1. The van der Waals surface area contributed by atoms with Crippen molar-refractivity contribution in [2.24, 2.45) is 22.5 Å². The number of nitrogens with zero attached hydrogens (tertiary/aromatic N) is 1. The quantitative estimate of drug-likeness (QED) is 0.831. The third-order valence-corrected chi connectivity index (χ3v) is 5.58. The first-order chi connectivity index (χ1) is 8.59. The van der Waals surface area contributed by atoms with Crippen LogP contribution in [0.3, 0.4) is 0 Å². The summed E-state index contributed by atoms with van der Waals surface area (Å²) in [5.74, 6) is 0.777. The Balaban J connectivity index is 2.22. The zero-order valence-corrected chi connectivity index (χ0v) is 14.0. The number of aromatic nitrogens is 1. The standard InChI is InChI=1S/C16H28N2S/c1-15(2,3)10-7-8-11-12(9-10)19-14(18-11)13(17)16(4,5)6/h10,13H,7-9,17H2,1-6H3. The summed E-state index contributed by atoms with van der Waals surface area (Å²) in [6.45, 7) is 13.6. The topological polar surface area (TPSA) is 38.9 Å². The van der Waals surface area contributed by atoms with Crippen LogP contribution in [0.4, 0.5) is 0 Å². The molecule has 19 heavy (non-hydrogen) atoms. The zero-order chi connectivity index (χ0) is 14.4. The lowest BCUT2D eigenvalue weighted by Gasteiger charge is -2.33. The highest BCUT2D eigenvalue weighted by atomic mass is 32.1. The van der Waals surface area contributed by atoms with E-state index in [2.05, 4.69) is 41.5 Å². The molecule has 0 saturated heterocycles. The van der Waals surface area contributed by atoms with Gasteiger partial charge in [0.15, 0.2) is 0 Å². The number of aryl methyl sites for hydroxylation is 1.